The van der Waals surface area contributed by atoms with E-state index in [1.54, 1.807) is 27.8 Å². The fourth-order valence-corrected chi connectivity index (χ4v) is 5.29. The Kier molecular flexibility index (Phi) is 5.78. The van der Waals surface area contributed by atoms with E-state index in [1.807, 2.05) is 18.2 Å². The molecule has 2 amide bonds. The van der Waals surface area contributed by atoms with Crippen LogP contribution in [0.15, 0.2) is 29.4 Å². The van der Waals surface area contributed by atoms with Crippen molar-refractivity contribution in [1.82, 2.24) is 10.0 Å². The number of pyridine rings is 1. The van der Waals surface area contributed by atoms with Gasteiger partial charge in [-0.25, -0.2) is 9.78 Å². The highest BCUT2D eigenvalue weighted by atomic mass is 33.1. The first-order valence-electron chi connectivity index (χ1n) is 7.94. The Morgan fingerprint density at radius 1 is 1.29 bits per heavy atom. The quantitative estimate of drug-likeness (QED) is 0.542. The molecule has 0 bridgehead atoms. The van der Waals surface area contributed by atoms with Gasteiger partial charge in [-0.2, -0.15) is 0 Å². The first kappa shape index (κ1) is 17.3. The minimum atomic E-state index is -0.523. The molecule has 2 aliphatic rings. The number of hydrogen-bond donors (Lipinski definition) is 0. The first-order valence-corrected chi connectivity index (χ1v) is 10.2. The molecule has 0 N–H and O–H groups in total. The summed E-state index contributed by atoms with van der Waals surface area (Å²) < 4.78 is 0. The van der Waals surface area contributed by atoms with Crippen LogP contribution in [0.25, 0.3) is 0 Å². The largest absolute Gasteiger partial charge is 0.334 e. The average Bonchev–Trinajstić information content (AvgIpc) is 2.84. The Balaban J connectivity index is 1.54. The highest BCUT2D eigenvalue weighted by molar-refractivity contribution is 8.76. The van der Waals surface area contributed by atoms with E-state index in [4.69, 9.17) is 4.84 Å². The van der Waals surface area contributed by atoms with Gasteiger partial charge in [-0.15, -0.1) is 5.06 Å². The monoisotopic (exact) mass is 366 g/mol. The summed E-state index contributed by atoms with van der Waals surface area (Å²) >= 11 is 0. The van der Waals surface area contributed by atoms with Crippen LogP contribution in [0.5, 0.6) is 0 Å². The summed E-state index contributed by atoms with van der Waals surface area (Å²) in [6, 6.07) is 5.71. The number of hydrogen-bond acceptors (Lipinski definition) is 7. The number of nitrogens with zero attached hydrogens (tertiary/aromatic N) is 2. The van der Waals surface area contributed by atoms with Crippen LogP contribution in [0.2, 0.25) is 0 Å². The van der Waals surface area contributed by atoms with Crippen molar-refractivity contribution in [3.05, 3.63) is 24.4 Å². The van der Waals surface area contributed by atoms with E-state index in [-0.39, 0.29) is 24.5 Å². The Morgan fingerprint density at radius 3 is 2.62 bits per heavy atom. The fourth-order valence-electron chi connectivity index (χ4n) is 2.56. The van der Waals surface area contributed by atoms with Crippen molar-refractivity contribution < 1.29 is 19.2 Å². The van der Waals surface area contributed by atoms with Gasteiger partial charge in [-0.3, -0.25) is 9.59 Å². The lowest BCUT2D eigenvalue weighted by molar-refractivity contribution is -0.197. The van der Waals surface area contributed by atoms with Crippen molar-refractivity contribution in [2.45, 2.75) is 48.8 Å². The number of carbonyl (C=O) groups excluding carboxylic acids is 3. The molecule has 0 radical (unpaired) electrons. The summed E-state index contributed by atoms with van der Waals surface area (Å²) in [7, 11) is 3.15. The van der Waals surface area contributed by atoms with Gasteiger partial charge in [0.25, 0.3) is 11.8 Å². The topological polar surface area (TPSA) is 76.6 Å². The van der Waals surface area contributed by atoms with Crippen LogP contribution in [-0.2, 0) is 19.2 Å². The lowest BCUT2D eigenvalue weighted by Gasteiger charge is -2.32. The molecule has 2 heterocycles. The van der Waals surface area contributed by atoms with Crippen molar-refractivity contribution >= 4 is 39.4 Å². The van der Waals surface area contributed by atoms with Crippen LogP contribution in [0, 0.1) is 5.92 Å². The second-order valence-electron chi connectivity index (χ2n) is 5.83. The number of imide groups is 1. The third-order valence-electron chi connectivity index (χ3n) is 4.14. The van der Waals surface area contributed by atoms with Gasteiger partial charge in [-0.05, 0) is 41.7 Å². The molecule has 1 aliphatic heterocycles. The van der Waals surface area contributed by atoms with Crippen LogP contribution < -0.4 is 0 Å². The van der Waals surface area contributed by atoms with Crippen molar-refractivity contribution in [2.24, 2.45) is 5.92 Å². The molecule has 24 heavy (non-hydrogen) atoms. The minimum absolute atomic E-state index is 0.0889. The van der Waals surface area contributed by atoms with E-state index in [1.165, 1.54) is 6.42 Å². The van der Waals surface area contributed by atoms with E-state index in [9.17, 15) is 14.4 Å². The third kappa shape index (κ3) is 4.30. The maximum Gasteiger partial charge on any atom is 0.334 e. The van der Waals surface area contributed by atoms with Crippen molar-refractivity contribution in [1.29, 1.82) is 0 Å². The summed E-state index contributed by atoms with van der Waals surface area (Å²) in [5.41, 5.74) is 0. The zero-order valence-corrected chi connectivity index (χ0v) is 14.7. The standard InChI is InChI=1S/C16H18N2O4S2/c19-14-7-8-15(20)18(14)22-16(21)10-12(11-4-3-5-11)23-24-13-6-1-2-9-17-13/h1-2,6,9,11-12H,3-5,7-8,10H2. The van der Waals surface area contributed by atoms with E-state index in [0.29, 0.717) is 11.0 Å². The van der Waals surface area contributed by atoms with Crippen molar-refractivity contribution in [2.75, 3.05) is 0 Å². The molecule has 1 saturated heterocycles. The Hall–Kier alpha value is -1.54. The summed E-state index contributed by atoms with van der Waals surface area (Å²) in [5.74, 6) is -0.943. The molecule has 128 valence electrons. The summed E-state index contributed by atoms with van der Waals surface area (Å²) in [4.78, 5) is 44.5. The highest BCUT2D eigenvalue weighted by Gasteiger charge is 2.35. The van der Waals surface area contributed by atoms with Gasteiger partial charge < -0.3 is 4.84 Å². The molecule has 0 spiro atoms. The molecule has 1 atom stereocenters. The van der Waals surface area contributed by atoms with Crippen LogP contribution in [-0.4, -0.2) is 33.1 Å². The predicted octanol–water partition coefficient (Wildman–Crippen LogP) is 2.99. The number of rotatable bonds is 7. The van der Waals surface area contributed by atoms with Gasteiger partial charge in [0.15, 0.2) is 0 Å². The smallest absolute Gasteiger partial charge is 0.330 e. The number of hydroxylamine groups is 2. The molecular weight excluding hydrogens is 348 g/mol. The Bertz CT molecular complexity index is 606. The van der Waals surface area contributed by atoms with Gasteiger partial charge >= 0.3 is 5.97 Å². The Morgan fingerprint density at radius 2 is 2.04 bits per heavy atom. The minimum Gasteiger partial charge on any atom is -0.330 e. The summed E-state index contributed by atoms with van der Waals surface area (Å²) in [6.07, 6.45) is 5.51. The summed E-state index contributed by atoms with van der Waals surface area (Å²) in [6.45, 7) is 0. The van der Waals surface area contributed by atoms with E-state index >= 15 is 0 Å². The first-order chi connectivity index (χ1) is 11.6. The zero-order valence-electron chi connectivity index (χ0n) is 13.1. The normalized spacial score (nSPS) is 19.2. The maximum absolute atomic E-state index is 12.1. The predicted molar refractivity (Wildman–Crippen MR) is 90.6 cm³/mol. The highest BCUT2D eigenvalue weighted by Crippen LogP contribution is 2.44. The molecule has 1 aromatic rings. The molecular formula is C16H18N2O4S2. The second-order valence-corrected chi connectivity index (χ2v) is 8.29. The number of amides is 2. The molecule has 0 aromatic carbocycles. The third-order valence-corrected chi connectivity index (χ3v) is 6.99. The Labute approximate surface area is 148 Å². The zero-order chi connectivity index (χ0) is 16.9. The average molecular weight is 366 g/mol. The molecule has 1 unspecified atom stereocenters. The molecule has 3 rings (SSSR count). The fraction of sp³-hybridized carbons (Fsp3) is 0.500. The SMILES string of the molecule is O=C(CC(SSc1ccccn1)C1CCC1)ON1C(=O)CCC1=O. The van der Waals surface area contributed by atoms with Gasteiger partial charge in [0.2, 0.25) is 0 Å². The second kappa shape index (κ2) is 8.02. The van der Waals surface area contributed by atoms with Gasteiger partial charge in [0.05, 0.1) is 6.42 Å². The molecule has 1 aromatic heterocycles. The lowest BCUT2D eigenvalue weighted by atomic mass is 9.82. The molecule has 1 aliphatic carbocycles. The molecule has 8 heteroatoms. The van der Waals surface area contributed by atoms with Gasteiger partial charge in [0.1, 0.15) is 5.03 Å². The van der Waals surface area contributed by atoms with E-state index in [0.717, 1.165) is 17.9 Å². The maximum atomic E-state index is 12.1. The molecule has 6 nitrogen and oxygen atoms in total. The van der Waals surface area contributed by atoms with Crippen LogP contribution in [0.3, 0.4) is 0 Å². The van der Waals surface area contributed by atoms with Crippen LogP contribution >= 0.6 is 21.6 Å². The molecule has 2 fully saturated rings. The summed E-state index contributed by atoms with van der Waals surface area (Å²) in [5, 5.41) is 1.60. The number of carbonyl (C=O) groups is 3. The van der Waals surface area contributed by atoms with Crippen molar-refractivity contribution in [3.63, 3.8) is 0 Å². The molecule has 1 saturated carbocycles. The number of aromatic nitrogens is 1. The lowest BCUT2D eigenvalue weighted by Crippen LogP contribution is -2.34. The van der Waals surface area contributed by atoms with Gasteiger partial charge in [0, 0.05) is 24.3 Å². The van der Waals surface area contributed by atoms with Crippen LogP contribution in [0.4, 0.5) is 0 Å². The van der Waals surface area contributed by atoms with E-state index < -0.39 is 17.8 Å². The van der Waals surface area contributed by atoms with Crippen LogP contribution in [0.1, 0.15) is 38.5 Å². The van der Waals surface area contributed by atoms with Crippen molar-refractivity contribution in [3.8, 4) is 0 Å². The van der Waals surface area contributed by atoms with Gasteiger partial charge in [-0.1, -0.05) is 23.3 Å². The van der Waals surface area contributed by atoms with E-state index in [2.05, 4.69) is 4.98 Å².